The van der Waals surface area contributed by atoms with E-state index in [1.165, 1.54) is 122 Å². The topological polar surface area (TPSA) is 119 Å². The number of rotatable bonds is 54. The molecule has 0 aromatic heterocycles. The number of ether oxygens (including phenoxy) is 11. The van der Waals surface area contributed by atoms with E-state index in [9.17, 15) is 4.79 Å². The van der Waals surface area contributed by atoms with Gasteiger partial charge in [-0.25, -0.2) is 0 Å². The van der Waals surface area contributed by atoms with Gasteiger partial charge in [-0.2, -0.15) is 0 Å². The first-order chi connectivity index (χ1) is 29.3. The van der Waals surface area contributed by atoms with Crippen molar-refractivity contribution in [3.63, 3.8) is 0 Å². The molecule has 12 heteroatoms. The van der Waals surface area contributed by atoms with Gasteiger partial charge in [0.25, 0.3) is 0 Å². The first-order valence-corrected chi connectivity index (χ1v) is 24.2. The number of carbonyl (C=O) groups is 1. The van der Waals surface area contributed by atoms with E-state index in [1.807, 2.05) is 0 Å². The summed E-state index contributed by atoms with van der Waals surface area (Å²) in [6, 6.07) is 0. The fraction of sp³-hybridized carbons (Fsp3) is 0.979. The lowest BCUT2D eigenvalue weighted by molar-refractivity contribution is -0.145. The number of hydrogen-bond donors (Lipinski definition) is 0. The lowest BCUT2D eigenvalue weighted by atomic mass is 10.0. The van der Waals surface area contributed by atoms with Gasteiger partial charge in [0, 0.05) is 13.0 Å². The molecule has 0 N–H and O–H groups in total. The van der Waals surface area contributed by atoms with Gasteiger partial charge in [0.1, 0.15) is 6.61 Å². The van der Waals surface area contributed by atoms with E-state index in [4.69, 9.17) is 52.1 Å². The van der Waals surface area contributed by atoms with Crippen LogP contribution in [0.25, 0.3) is 0 Å². The Balaban J connectivity index is 3.10. The molecule has 0 heterocycles. The monoisotopic (exact) mass is 851 g/mol. The summed E-state index contributed by atoms with van der Waals surface area (Å²) in [5.41, 5.74) is 0. The molecule has 0 atom stereocenters. The van der Waals surface area contributed by atoms with Crippen molar-refractivity contribution >= 4 is 5.97 Å². The second kappa shape index (κ2) is 55.1. The Bertz CT molecular complexity index is 763. The van der Waals surface area contributed by atoms with Crippen molar-refractivity contribution in [2.75, 3.05) is 139 Å². The van der Waals surface area contributed by atoms with Gasteiger partial charge in [-0.15, -0.1) is 0 Å². The molecule has 0 unspecified atom stereocenters. The zero-order valence-electron chi connectivity index (χ0n) is 38.5. The van der Waals surface area contributed by atoms with E-state index in [0.717, 1.165) is 25.9 Å². The van der Waals surface area contributed by atoms with Crippen molar-refractivity contribution in [3.05, 3.63) is 0 Å². The Morgan fingerprint density at radius 2 is 0.441 bits per heavy atom. The third-order valence-electron chi connectivity index (χ3n) is 9.72. The zero-order valence-corrected chi connectivity index (χ0v) is 38.5. The standard InChI is InChI=1S/C47H94O12/c1-3-5-7-9-11-13-14-15-16-18-20-22-24-26-49-27-28-50-29-30-51-31-32-52-33-34-53-35-36-54-37-38-55-39-40-56-41-42-57-43-44-58-45-46-59-47(48)25-23-21-19-17-12-10-8-6-4-2/h3-46H2,1-2H3. The van der Waals surface area contributed by atoms with Crippen molar-refractivity contribution < 1.29 is 56.9 Å². The molecule has 59 heavy (non-hydrogen) atoms. The van der Waals surface area contributed by atoms with Crippen molar-refractivity contribution in [1.29, 1.82) is 0 Å². The van der Waals surface area contributed by atoms with Crippen LogP contribution < -0.4 is 0 Å². The molecule has 12 nitrogen and oxygen atoms in total. The van der Waals surface area contributed by atoms with Crippen molar-refractivity contribution in [2.45, 2.75) is 162 Å². The molecule has 0 spiro atoms. The van der Waals surface area contributed by atoms with Crippen LogP contribution in [0.4, 0.5) is 0 Å². The predicted octanol–water partition coefficient (Wildman–Crippen LogP) is 9.71. The number of esters is 1. The molecule has 0 bridgehead atoms. The number of unbranched alkanes of at least 4 members (excludes halogenated alkanes) is 20. The highest BCUT2D eigenvalue weighted by Crippen LogP contribution is 2.13. The van der Waals surface area contributed by atoms with Gasteiger partial charge in [-0.1, -0.05) is 142 Å². The molecule has 0 rings (SSSR count). The lowest BCUT2D eigenvalue weighted by Gasteiger charge is -2.09. The highest BCUT2D eigenvalue weighted by molar-refractivity contribution is 5.69. The minimum Gasteiger partial charge on any atom is -0.463 e. The summed E-state index contributed by atoms with van der Waals surface area (Å²) < 4.78 is 60.6. The summed E-state index contributed by atoms with van der Waals surface area (Å²) in [5.74, 6) is -0.133. The largest absolute Gasteiger partial charge is 0.463 e. The van der Waals surface area contributed by atoms with Gasteiger partial charge >= 0.3 is 5.97 Å². The summed E-state index contributed by atoms with van der Waals surface area (Å²) in [4.78, 5) is 11.8. The third-order valence-corrected chi connectivity index (χ3v) is 9.72. The maximum Gasteiger partial charge on any atom is 0.305 e. The predicted molar refractivity (Wildman–Crippen MR) is 237 cm³/mol. The molecular weight excluding hydrogens is 757 g/mol. The fourth-order valence-electron chi connectivity index (χ4n) is 6.17. The van der Waals surface area contributed by atoms with E-state index < -0.39 is 0 Å². The third kappa shape index (κ3) is 55.1. The summed E-state index contributed by atoms with van der Waals surface area (Å²) in [7, 11) is 0. The Morgan fingerprint density at radius 1 is 0.237 bits per heavy atom. The SMILES string of the molecule is CCCCCCCCCCCCCCCOCCOCCOCCOCCOCCOCCOCCOCCOCCOCCOC(=O)CCCCCCCCCCC. The van der Waals surface area contributed by atoms with E-state index >= 15 is 0 Å². The first kappa shape index (κ1) is 58.1. The number of carbonyl (C=O) groups excluding carboxylic acids is 1. The molecule has 0 aliphatic heterocycles. The zero-order chi connectivity index (χ0) is 42.5. The van der Waals surface area contributed by atoms with Crippen molar-refractivity contribution in [3.8, 4) is 0 Å². The fourth-order valence-corrected chi connectivity index (χ4v) is 6.17. The minimum absolute atomic E-state index is 0.133. The second-order valence-corrected chi connectivity index (χ2v) is 15.2. The molecule has 0 saturated carbocycles. The summed E-state index contributed by atoms with van der Waals surface area (Å²) >= 11 is 0. The Morgan fingerprint density at radius 3 is 0.712 bits per heavy atom. The van der Waals surface area contributed by atoms with Gasteiger partial charge in [-0.3, -0.25) is 4.79 Å². The van der Waals surface area contributed by atoms with Crippen LogP contribution in [0, 0.1) is 0 Å². The lowest BCUT2D eigenvalue weighted by Crippen LogP contribution is -2.15. The first-order valence-electron chi connectivity index (χ1n) is 24.2. The molecule has 0 fully saturated rings. The maximum absolute atomic E-state index is 11.8. The molecule has 354 valence electrons. The normalized spacial score (nSPS) is 11.6. The second-order valence-electron chi connectivity index (χ2n) is 15.2. The smallest absolute Gasteiger partial charge is 0.305 e. The van der Waals surface area contributed by atoms with Crippen LogP contribution in [0.5, 0.6) is 0 Å². The quantitative estimate of drug-likeness (QED) is 0.0428. The van der Waals surface area contributed by atoms with Crippen LogP contribution in [0.2, 0.25) is 0 Å². The molecule has 0 saturated heterocycles. The molecule has 0 aromatic carbocycles. The van der Waals surface area contributed by atoms with Crippen LogP contribution >= 0.6 is 0 Å². The Labute approximate surface area is 362 Å². The van der Waals surface area contributed by atoms with Gasteiger partial charge < -0.3 is 52.1 Å². The van der Waals surface area contributed by atoms with E-state index in [2.05, 4.69) is 13.8 Å². The summed E-state index contributed by atoms with van der Waals surface area (Å²) in [6.45, 7) is 15.5. The van der Waals surface area contributed by atoms with Crippen LogP contribution in [0.15, 0.2) is 0 Å². The molecule has 0 aliphatic rings. The van der Waals surface area contributed by atoms with E-state index in [-0.39, 0.29) is 5.97 Å². The highest BCUT2D eigenvalue weighted by atomic mass is 16.6. The Hall–Kier alpha value is -0.930. The van der Waals surface area contributed by atoms with Crippen LogP contribution in [-0.2, 0) is 56.9 Å². The summed E-state index contributed by atoms with van der Waals surface area (Å²) in [5, 5.41) is 0. The van der Waals surface area contributed by atoms with Gasteiger partial charge in [0.15, 0.2) is 0 Å². The van der Waals surface area contributed by atoms with Crippen molar-refractivity contribution in [1.82, 2.24) is 0 Å². The van der Waals surface area contributed by atoms with E-state index in [0.29, 0.717) is 139 Å². The summed E-state index contributed by atoms with van der Waals surface area (Å²) in [6.07, 6.45) is 29.4. The average molecular weight is 851 g/mol. The van der Waals surface area contributed by atoms with Crippen LogP contribution in [-0.4, -0.2) is 145 Å². The van der Waals surface area contributed by atoms with Gasteiger partial charge in [0.05, 0.1) is 126 Å². The van der Waals surface area contributed by atoms with Gasteiger partial charge in [-0.05, 0) is 12.8 Å². The van der Waals surface area contributed by atoms with Crippen molar-refractivity contribution in [2.24, 2.45) is 0 Å². The molecule has 0 aliphatic carbocycles. The molecule has 0 amide bonds. The molecule has 0 aromatic rings. The van der Waals surface area contributed by atoms with E-state index in [1.54, 1.807) is 0 Å². The molecular formula is C47H94O12. The van der Waals surface area contributed by atoms with Crippen LogP contribution in [0.3, 0.4) is 0 Å². The average Bonchev–Trinajstić information content (AvgIpc) is 3.24. The number of hydrogen-bond acceptors (Lipinski definition) is 12. The van der Waals surface area contributed by atoms with Gasteiger partial charge in [0.2, 0.25) is 0 Å². The molecule has 0 radical (unpaired) electrons. The highest BCUT2D eigenvalue weighted by Gasteiger charge is 2.03. The Kier molecular flexibility index (Phi) is 54.2. The maximum atomic E-state index is 11.8. The minimum atomic E-state index is -0.133. The van der Waals surface area contributed by atoms with Crippen LogP contribution in [0.1, 0.15) is 162 Å².